The summed E-state index contributed by atoms with van der Waals surface area (Å²) in [5.41, 5.74) is 2.38. The Morgan fingerprint density at radius 1 is 1.30 bits per heavy atom. The second-order valence-electron chi connectivity index (χ2n) is 5.22. The van der Waals surface area contributed by atoms with E-state index < -0.39 is 0 Å². The zero-order valence-electron chi connectivity index (χ0n) is 14.3. The van der Waals surface area contributed by atoms with Gasteiger partial charge in [-0.2, -0.15) is 11.8 Å². The van der Waals surface area contributed by atoms with Crippen LogP contribution in [0, 0.1) is 6.92 Å². The third-order valence-electron chi connectivity index (χ3n) is 3.01. The number of likely N-dealkylation sites (N-methyl/N-ethyl adjacent to an activating group) is 1. The molecule has 0 heterocycles. The minimum atomic E-state index is 0. The maximum absolute atomic E-state index is 11.7. The average Bonchev–Trinajstić information content (AvgIpc) is 2.49. The Balaban J connectivity index is 0.00000484. The van der Waals surface area contributed by atoms with Crippen molar-refractivity contribution < 1.29 is 4.79 Å². The van der Waals surface area contributed by atoms with Gasteiger partial charge in [-0.05, 0) is 18.7 Å². The number of guanidine groups is 1. The Morgan fingerprint density at radius 3 is 2.65 bits per heavy atom. The fourth-order valence-electron chi connectivity index (χ4n) is 1.74. The van der Waals surface area contributed by atoms with Crippen molar-refractivity contribution in [1.29, 1.82) is 0 Å². The van der Waals surface area contributed by atoms with Crippen LogP contribution in [0.2, 0.25) is 0 Å². The number of carbonyl (C=O) groups excluding carboxylic acids is 1. The number of thioether (sulfide) groups is 1. The van der Waals surface area contributed by atoms with Crippen LogP contribution in [0.4, 0.5) is 0 Å². The van der Waals surface area contributed by atoms with Crippen molar-refractivity contribution in [2.45, 2.75) is 13.5 Å². The summed E-state index contributed by atoms with van der Waals surface area (Å²) in [6, 6.07) is 8.28. The van der Waals surface area contributed by atoms with Gasteiger partial charge in [0.25, 0.3) is 0 Å². The van der Waals surface area contributed by atoms with E-state index in [1.807, 2.05) is 6.07 Å². The standard InChI is InChI=1S/C16H26N4OS.HI/c1-13-6-5-7-14(10-13)11-18-16(17-8-9-22-4)19-12-15(21)20(2)3;/h5-7,10H,8-9,11-12H2,1-4H3,(H2,17,18,19);1H. The van der Waals surface area contributed by atoms with Crippen LogP contribution >= 0.6 is 35.7 Å². The highest BCUT2D eigenvalue weighted by atomic mass is 127. The van der Waals surface area contributed by atoms with E-state index in [-0.39, 0.29) is 36.4 Å². The summed E-state index contributed by atoms with van der Waals surface area (Å²) in [7, 11) is 3.49. The minimum absolute atomic E-state index is 0. The van der Waals surface area contributed by atoms with Gasteiger partial charge in [-0.1, -0.05) is 29.8 Å². The number of rotatable bonds is 7. The molecule has 1 amide bonds. The number of nitrogens with zero attached hydrogens (tertiary/aromatic N) is 2. The molecule has 0 unspecified atom stereocenters. The molecular formula is C16H27IN4OS. The number of hydrogen-bond acceptors (Lipinski definition) is 3. The lowest BCUT2D eigenvalue weighted by molar-refractivity contribution is -0.127. The van der Waals surface area contributed by atoms with Crippen LogP contribution in [0.1, 0.15) is 11.1 Å². The van der Waals surface area contributed by atoms with Gasteiger partial charge >= 0.3 is 0 Å². The summed E-state index contributed by atoms with van der Waals surface area (Å²) >= 11 is 1.77. The van der Waals surface area contributed by atoms with Gasteiger partial charge in [0.15, 0.2) is 5.96 Å². The fraction of sp³-hybridized carbons (Fsp3) is 0.500. The van der Waals surface area contributed by atoms with Gasteiger partial charge in [0.1, 0.15) is 0 Å². The largest absolute Gasteiger partial charge is 0.356 e. The molecule has 1 aromatic rings. The third-order valence-corrected chi connectivity index (χ3v) is 3.62. The lowest BCUT2D eigenvalue weighted by Crippen LogP contribution is -2.43. The van der Waals surface area contributed by atoms with Gasteiger partial charge < -0.3 is 15.5 Å². The van der Waals surface area contributed by atoms with Crippen LogP contribution in [0.15, 0.2) is 29.3 Å². The van der Waals surface area contributed by atoms with Crippen molar-refractivity contribution >= 4 is 47.6 Å². The second kappa shape index (κ2) is 12.5. The molecule has 5 nitrogen and oxygen atoms in total. The maximum Gasteiger partial charge on any atom is 0.241 e. The fourth-order valence-corrected chi connectivity index (χ4v) is 2.05. The van der Waals surface area contributed by atoms with Crippen molar-refractivity contribution in [1.82, 2.24) is 15.5 Å². The first-order valence-corrected chi connectivity index (χ1v) is 8.69. The van der Waals surface area contributed by atoms with Crippen LogP contribution in [-0.4, -0.2) is 56.0 Å². The van der Waals surface area contributed by atoms with E-state index in [4.69, 9.17) is 0 Å². The molecule has 0 aromatic heterocycles. The van der Waals surface area contributed by atoms with Gasteiger partial charge in [-0.3, -0.25) is 4.79 Å². The molecule has 0 atom stereocenters. The monoisotopic (exact) mass is 450 g/mol. The van der Waals surface area contributed by atoms with E-state index in [1.54, 1.807) is 30.8 Å². The van der Waals surface area contributed by atoms with E-state index in [9.17, 15) is 4.79 Å². The summed E-state index contributed by atoms with van der Waals surface area (Å²) in [6.07, 6.45) is 2.06. The highest BCUT2D eigenvalue weighted by Gasteiger charge is 2.05. The second-order valence-corrected chi connectivity index (χ2v) is 6.20. The van der Waals surface area contributed by atoms with Crippen LogP contribution in [0.5, 0.6) is 0 Å². The van der Waals surface area contributed by atoms with Gasteiger partial charge in [0.05, 0.1) is 13.1 Å². The summed E-state index contributed by atoms with van der Waals surface area (Å²) in [5.74, 6) is 1.69. The van der Waals surface area contributed by atoms with Crippen molar-refractivity contribution in [2.24, 2.45) is 4.99 Å². The average molecular weight is 450 g/mol. The van der Waals surface area contributed by atoms with Gasteiger partial charge in [0.2, 0.25) is 5.91 Å². The molecule has 0 aliphatic heterocycles. The molecule has 0 fully saturated rings. The number of hydrogen-bond donors (Lipinski definition) is 2. The van der Waals surface area contributed by atoms with E-state index in [0.717, 1.165) is 17.9 Å². The van der Waals surface area contributed by atoms with Crippen molar-refractivity contribution in [3.63, 3.8) is 0 Å². The number of carbonyl (C=O) groups is 1. The molecule has 1 aromatic carbocycles. The van der Waals surface area contributed by atoms with Crippen LogP contribution in [0.25, 0.3) is 0 Å². The zero-order valence-corrected chi connectivity index (χ0v) is 17.4. The Hall–Kier alpha value is -0.960. The number of amides is 1. The molecule has 0 saturated heterocycles. The van der Waals surface area contributed by atoms with Crippen molar-refractivity contribution in [2.75, 3.05) is 39.2 Å². The molecule has 0 aliphatic carbocycles. The van der Waals surface area contributed by atoms with Crippen molar-refractivity contribution in [3.05, 3.63) is 35.4 Å². The SMILES string of the molecule is CSCCNC(=NCc1cccc(C)c1)NCC(=O)N(C)C.I. The lowest BCUT2D eigenvalue weighted by Gasteiger charge is -2.14. The number of aryl methyl sites for hydroxylation is 1. The number of aliphatic imine (C=N–C) groups is 1. The molecule has 2 N–H and O–H groups in total. The molecule has 130 valence electrons. The first kappa shape index (κ1) is 22.0. The Kier molecular flexibility index (Phi) is 11.9. The van der Waals surface area contributed by atoms with Crippen molar-refractivity contribution in [3.8, 4) is 0 Å². The number of benzene rings is 1. The number of nitrogens with one attached hydrogen (secondary N) is 2. The first-order valence-electron chi connectivity index (χ1n) is 7.29. The Labute approximate surface area is 160 Å². The predicted octanol–water partition coefficient (Wildman–Crippen LogP) is 2.10. The molecule has 1 rings (SSSR count). The minimum Gasteiger partial charge on any atom is -0.356 e. The Bertz CT molecular complexity index is 509. The lowest BCUT2D eigenvalue weighted by atomic mass is 10.1. The van der Waals surface area contributed by atoms with E-state index in [1.165, 1.54) is 5.56 Å². The van der Waals surface area contributed by atoms with E-state index in [2.05, 4.69) is 47.0 Å². The Morgan fingerprint density at radius 2 is 2.04 bits per heavy atom. The maximum atomic E-state index is 11.7. The van der Waals surface area contributed by atoms with Gasteiger partial charge in [-0.15, -0.1) is 24.0 Å². The summed E-state index contributed by atoms with van der Waals surface area (Å²) < 4.78 is 0. The molecule has 0 radical (unpaired) electrons. The predicted molar refractivity (Wildman–Crippen MR) is 111 cm³/mol. The van der Waals surface area contributed by atoms with Crippen LogP contribution < -0.4 is 10.6 Å². The van der Waals surface area contributed by atoms with E-state index in [0.29, 0.717) is 12.5 Å². The van der Waals surface area contributed by atoms with Gasteiger partial charge in [-0.25, -0.2) is 4.99 Å². The molecule has 0 bridgehead atoms. The smallest absolute Gasteiger partial charge is 0.241 e. The topological polar surface area (TPSA) is 56.7 Å². The highest BCUT2D eigenvalue weighted by Crippen LogP contribution is 2.04. The zero-order chi connectivity index (χ0) is 16.4. The highest BCUT2D eigenvalue weighted by molar-refractivity contribution is 14.0. The van der Waals surface area contributed by atoms with Crippen LogP contribution in [-0.2, 0) is 11.3 Å². The first-order chi connectivity index (χ1) is 10.5. The van der Waals surface area contributed by atoms with Crippen LogP contribution in [0.3, 0.4) is 0 Å². The van der Waals surface area contributed by atoms with Gasteiger partial charge in [0, 0.05) is 26.4 Å². The summed E-state index contributed by atoms with van der Waals surface area (Å²) in [6.45, 7) is 3.72. The normalized spacial score (nSPS) is 10.7. The van der Waals surface area contributed by atoms with E-state index >= 15 is 0 Å². The number of halogens is 1. The third kappa shape index (κ3) is 9.70. The molecule has 0 aliphatic rings. The molecular weight excluding hydrogens is 423 g/mol. The molecule has 23 heavy (non-hydrogen) atoms. The molecule has 7 heteroatoms. The quantitative estimate of drug-likeness (QED) is 0.289. The molecule has 0 spiro atoms. The summed E-state index contributed by atoms with van der Waals surface area (Å²) in [5, 5.41) is 6.33. The summed E-state index contributed by atoms with van der Waals surface area (Å²) in [4.78, 5) is 17.8. The molecule has 0 saturated carbocycles.